The van der Waals surface area contributed by atoms with E-state index >= 15 is 0 Å². The minimum atomic E-state index is -0.233. The topological polar surface area (TPSA) is 73.0 Å². The average molecular weight is 370 g/mol. The fourth-order valence-electron chi connectivity index (χ4n) is 3.50. The number of amides is 3. The Kier molecular flexibility index (Phi) is 5.60. The molecule has 7 nitrogen and oxygen atoms in total. The van der Waals surface area contributed by atoms with Crippen molar-refractivity contribution in [1.82, 2.24) is 14.7 Å². The second-order valence-electron chi connectivity index (χ2n) is 7.03. The van der Waals surface area contributed by atoms with Gasteiger partial charge < -0.3 is 15.1 Å². The number of benzene rings is 1. The molecule has 0 aliphatic carbocycles. The SMILES string of the molecule is CCCN1C(=O)C(c2ccc(NC(C)=O)cc2)=C(N2CCN(C)CC2)C1=O. The van der Waals surface area contributed by atoms with Crippen LogP contribution in [0.4, 0.5) is 5.69 Å². The van der Waals surface area contributed by atoms with Crippen LogP contribution in [0.15, 0.2) is 30.0 Å². The molecule has 0 unspecified atom stereocenters. The quantitative estimate of drug-likeness (QED) is 0.793. The van der Waals surface area contributed by atoms with Crippen molar-refractivity contribution in [2.45, 2.75) is 20.3 Å². The van der Waals surface area contributed by atoms with Crippen molar-refractivity contribution in [1.29, 1.82) is 0 Å². The molecule has 0 bridgehead atoms. The molecule has 144 valence electrons. The van der Waals surface area contributed by atoms with Gasteiger partial charge in [0, 0.05) is 45.3 Å². The maximum Gasteiger partial charge on any atom is 0.277 e. The minimum absolute atomic E-state index is 0.152. The highest BCUT2D eigenvalue weighted by Gasteiger charge is 2.41. The number of nitrogens with zero attached hydrogens (tertiary/aromatic N) is 3. The van der Waals surface area contributed by atoms with E-state index < -0.39 is 0 Å². The van der Waals surface area contributed by atoms with E-state index in [1.807, 2.05) is 11.8 Å². The predicted octanol–water partition coefficient (Wildman–Crippen LogP) is 1.38. The third-order valence-electron chi connectivity index (χ3n) is 4.90. The number of carbonyl (C=O) groups excluding carboxylic acids is 3. The van der Waals surface area contributed by atoms with Crippen molar-refractivity contribution in [2.24, 2.45) is 0 Å². The van der Waals surface area contributed by atoms with Crippen LogP contribution in [0.1, 0.15) is 25.8 Å². The molecule has 0 radical (unpaired) electrons. The second-order valence-corrected chi connectivity index (χ2v) is 7.03. The standard InChI is InChI=1S/C20H26N4O3/c1-4-9-24-19(26)17(15-5-7-16(8-6-15)21-14(2)25)18(20(24)27)23-12-10-22(3)11-13-23/h5-8H,4,9-13H2,1-3H3,(H,21,25). The molecule has 1 saturated heterocycles. The third-order valence-corrected chi connectivity index (χ3v) is 4.90. The number of nitrogens with one attached hydrogen (secondary N) is 1. The third kappa shape index (κ3) is 3.88. The smallest absolute Gasteiger partial charge is 0.277 e. The lowest BCUT2D eigenvalue weighted by molar-refractivity contribution is -0.137. The molecule has 1 aromatic rings. The zero-order chi connectivity index (χ0) is 19.6. The zero-order valence-corrected chi connectivity index (χ0v) is 16.1. The molecule has 2 aliphatic rings. The first-order valence-corrected chi connectivity index (χ1v) is 9.34. The molecule has 1 N–H and O–H groups in total. The molecule has 0 spiro atoms. The Balaban J connectivity index is 1.98. The molecule has 1 aromatic carbocycles. The average Bonchev–Trinajstić information content (AvgIpc) is 2.88. The molecule has 7 heteroatoms. The summed E-state index contributed by atoms with van der Waals surface area (Å²) in [6.07, 6.45) is 0.724. The van der Waals surface area contributed by atoms with Crippen molar-refractivity contribution < 1.29 is 14.4 Å². The summed E-state index contributed by atoms with van der Waals surface area (Å²) in [5.41, 5.74) is 2.34. The van der Waals surface area contributed by atoms with Gasteiger partial charge in [-0.1, -0.05) is 19.1 Å². The summed E-state index contributed by atoms with van der Waals surface area (Å²) in [7, 11) is 2.05. The summed E-state index contributed by atoms with van der Waals surface area (Å²) in [5.74, 6) is -0.586. The lowest BCUT2D eigenvalue weighted by Crippen LogP contribution is -2.46. The van der Waals surface area contributed by atoms with Crippen LogP contribution in [0.2, 0.25) is 0 Å². The number of carbonyl (C=O) groups is 3. The van der Waals surface area contributed by atoms with E-state index in [1.165, 1.54) is 11.8 Å². The molecule has 3 rings (SSSR count). The highest BCUT2D eigenvalue weighted by Crippen LogP contribution is 2.32. The van der Waals surface area contributed by atoms with Gasteiger partial charge in [0.15, 0.2) is 0 Å². The number of hydrogen-bond acceptors (Lipinski definition) is 5. The van der Waals surface area contributed by atoms with Gasteiger partial charge in [-0.2, -0.15) is 0 Å². The molecular weight excluding hydrogens is 344 g/mol. The van der Waals surface area contributed by atoms with E-state index in [1.54, 1.807) is 24.3 Å². The Morgan fingerprint density at radius 2 is 1.67 bits per heavy atom. The fraction of sp³-hybridized carbons (Fsp3) is 0.450. The van der Waals surface area contributed by atoms with Gasteiger partial charge in [0.1, 0.15) is 5.70 Å². The molecule has 0 aromatic heterocycles. The predicted molar refractivity (Wildman–Crippen MR) is 104 cm³/mol. The number of likely N-dealkylation sites (N-methyl/N-ethyl adjacent to an activating group) is 1. The van der Waals surface area contributed by atoms with Gasteiger partial charge in [-0.15, -0.1) is 0 Å². The summed E-state index contributed by atoms with van der Waals surface area (Å²) in [6, 6.07) is 7.09. The van der Waals surface area contributed by atoms with Gasteiger partial charge in [-0.05, 0) is 31.2 Å². The summed E-state index contributed by atoms with van der Waals surface area (Å²) in [6.45, 7) is 6.97. The van der Waals surface area contributed by atoms with Crippen LogP contribution < -0.4 is 5.32 Å². The van der Waals surface area contributed by atoms with Crippen molar-refractivity contribution in [3.05, 3.63) is 35.5 Å². The van der Waals surface area contributed by atoms with Crippen molar-refractivity contribution >= 4 is 29.0 Å². The lowest BCUT2D eigenvalue weighted by atomic mass is 10.0. The highest BCUT2D eigenvalue weighted by molar-refractivity contribution is 6.35. The summed E-state index contributed by atoms with van der Waals surface area (Å²) < 4.78 is 0. The van der Waals surface area contributed by atoms with Crippen molar-refractivity contribution in [2.75, 3.05) is 45.1 Å². The van der Waals surface area contributed by atoms with Crippen LogP contribution in [0.25, 0.3) is 5.57 Å². The molecule has 1 fully saturated rings. The molecule has 0 saturated carbocycles. The van der Waals surface area contributed by atoms with Crippen LogP contribution in [0.5, 0.6) is 0 Å². The monoisotopic (exact) mass is 370 g/mol. The normalized spacial score (nSPS) is 18.5. The lowest BCUT2D eigenvalue weighted by Gasteiger charge is -2.34. The maximum absolute atomic E-state index is 13.0. The minimum Gasteiger partial charge on any atom is -0.364 e. The van der Waals surface area contributed by atoms with E-state index in [4.69, 9.17) is 0 Å². The number of hydrogen-bond donors (Lipinski definition) is 1. The Labute approximate surface area is 159 Å². The number of imide groups is 1. The van der Waals surface area contributed by atoms with Gasteiger partial charge in [0.2, 0.25) is 5.91 Å². The first kappa shape index (κ1) is 19.1. The summed E-state index contributed by atoms with van der Waals surface area (Å²) in [5, 5.41) is 2.72. The Hall–Kier alpha value is -2.67. The molecule has 27 heavy (non-hydrogen) atoms. The molecule has 2 aliphatic heterocycles. The summed E-state index contributed by atoms with van der Waals surface area (Å²) >= 11 is 0. The Morgan fingerprint density at radius 3 is 2.22 bits per heavy atom. The fourth-order valence-corrected chi connectivity index (χ4v) is 3.50. The molecule has 0 atom stereocenters. The maximum atomic E-state index is 13.0. The van der Waals surface area contributed by atoms with E-state index in [0.29, 0.717) is 29.1 Å². The number of anilines is 1. The Bertz CT molecular complexity index is 777. The number of piperazine rings is 1. The highest BCUT2D eigenvalue weighted by atomic mass is 16.2. The van der Waals surface area contributed by atoms with Crippen LogP contribution in [0.3, 0.4) is 0 Å². The largest absolute Gasteiger partial charge is 0.364 e. The van der Waals surface area contributed by atoms with E-state index in [-0.39, 0.29) is 17.7 Å². The second kappa shape index (κ2) is 7.92. The first-order chi connectivity index (χ1) is 12.9. The van der Waals surface area contributed by atoms with Crippen LogP contribution >= 0.6 is 0 Å². The number of rotatable bonds is 5. The van der Waals surface area contributed by atoms with E-state index in [9.17, 15) is 14.4 Å². The summed E-state index contributed by atoms with van der Waals surface area (Å²) in [4.78, 5) is 42.9. The van der Waals surface area contributed by atoms with Gasteiger partial charge in [0.05, 0.1) is 5.57 Å². The van der Waals surface area contributed by atoms with Gasteiger partial charge in [-0.3, -0.25) is 19.3 Å². The molecular formula is C20H26N4O3. The van der Waals surface area contributed by atoms with Crippen LogP contribution in [0, 0.1) is 0 Å². The van der Waals surface area contributed by atoms with Crippen LogP contribution in [-0.2, 0) is 14.4 Å². The Morgan fingerprint density at radius 1 is 1.04 bits per heavy atom. The van der Waals surface area contributed by atoms with Gasteiger partial charge in [-0.25, -0.2) is 0 Å². The zero-order valence-electron chi connectivity index (χ0n) is 16.1. The van der Waals surface area contributed by atoms with Crippen LogP contribution in [-0.4, -0.2) is 72.2 Å². The van der Waals surface area contributed by atoms with Crippen molar-refractivity contribution in [3.8, 4) is 0 Å². The van der Waals surface area contributed by atoms with E-state index in [2.05, 4.69) is 17.3 Å². The van der Waals surface area contributed by atoms with E-state index in [0.717, 1.165) is 32.6 Å². The van der Waals surface area contributed by atoms with Gasteiger partial charge >= 0.3 is 0 Å². The first-order valence-electron chi connectivity index (χ1n) is 9.34. The van der Waals surface area contributed by atoms with Gasteiger partial charge in [0.25, 0.3) is 11.8 Å². The molecule has 2 heterocycles. The van der Waals surface area contributed by atoms with Crippen molar-refractivity contribution in [3.63, 3.8) is 0 Å². The molecule has 3 amide bonds.